The molecule has 1 rings (SSSR count). The van der Waals surface area contributed by atoms with Gasteiger partial charge in [-0.1, -0.05) is 62.9 Å². The first-order chi connectivity index (χ1) is 15.5. The van der Waals surface area contributed by atoms with Gasteiger partial charge in [0, 0.05) is 0 Å². The van der Waals surface area contributed by atoms with E-state index < -0.39 is 0 Å². The van der Waals surface area contributed by atoms with Crippen LogP contribution in [-0.2, 0) is 4.74 Å². The molecular weight excluding hydrogens is 414 g/mol. The van der Waals surface area contributed by atoms with Crippen molar-refractivity contribution in [2.75, 3.05) is 6.61 Å². The van der Waals surface area contributed by atoms with Gasteiger partial charge >= 0.3 is 0 Å². The standard InChI is InChI=1S/C12H17FO.C12H13F.C4H8.C2H6/c1-5-10(3)9-14-11(4)7-8-12(13)6-2;1-4-10(5-2)11-7-6-8-12(13)9(11)3;1-4(2)3;1-2/h5-8H,2,9H2,1,3-4H3;4-8H,1H2,2-3H3;1H2,2-3H3;1-2H3/b10-5+,11-7+,12-8+;10-5+;;. The fourth-order valence-corrected chi connectivity index (χ4v) is 1.93. The molecular formula is C30H44F2O. The maximum atomic E-state index is 13.2. The minimum absolute atomic E-state index is 0.168. The highest BCUT2D eigenvalue weighted by molar-refractivity contribution is 5.75. The van der Waals surface area contributed by atoms with Crippen LogP contribution in [0.2, 0.25) is 0 Å². The summed E-state index contributed by atoms with van der Waals surface area (Å²) in [7, 11) is 0. The van der Waals surface area contributed by atoms with Gasteiger partial charge in [-0.25, -0.2) is 8.78 Å². The number of ether oxygens (including phenoxy) is 1. The van der Waals surface area contributed by atoms with Crippen LogP contribution in [0.1, 0.15) is 66.5 Å². The first-order valence-corrected chi connectivity index (χ1v) is 11.1. The third-order valence-corrected chi connectivity index (χ3v) is 3.80. The van der Waals surface area contributed by atoms with Gasteiger partial charge in [0.1, 0.15) is 18.3 Å². The van der Waals surface area contributed by atoms with Gasteiger partial charge in [0.2, 0.25) is 0 Å². The summed E-state index contributed by atoms with van der Waals surface area (Å²) in [5, 5.41) is 0. The largest absolute Gasteiger partial charge is 0.494 e. The third kappa shape index (κ3) is 19.5. The number of benzene rings is 1. The van der Waals surface area contributed by atoms with Crippen molar-refractivity contribution in [1.29, 1.82) is 0 Å². The summed E-state index contributed by atoms with van der Waals surface area (Å²) in [6.07, 6.45) is 9.71. The van der Waals surface area contributed by atoms with Gasteiger partial charge in [0.25, 0.3) is 0 Å². The molecule has 0 aliphatic carbocycles. The molecule has 1 nitrogen and oxygen atoms in total. The highest BCUT2D eigenvalue weighted by Gasteiger charge is 2.04. The highest BCUT2D eigenvalue weighted by atomic mass is 19.1. The maximum absolute atomic E-state index is 13.2. The lowest BCUT2D eigenvalue weighted by atomic mass is 10.0. The van der Waals surface area contributed by atoms with E-state index in [1.165, 1.54) is 17.7 Å². The molecule has 0 bridgehead atoms. The number of hydrogen-bond acceptors (Lipinski definition) is 1. The van der Waals surface area contributed by atoms with Crippen molar-refractivity contribution in [1.82, 2.24) is 0 Å². The van der Waals surface area contributed by atoms with E-state index in [9.17, 15) is 8.78 Å². The molecule has 0 heterocycles. The van der Waals surface area contributed by atoms with Crippen molar-refractivity contribution < 1.29 is 13.5 Å². The zero-order valence-corrected chi connectivity index (χ0v) is 22.2. The van der Waals surface area contributed by atoms with Crippen molar-refractivity contribution in [3.63, 3.8) is 0 Å². The summed E-state index contributed by atoms with van der Waals surface area (Å²) in [6, 6.07) is 5.08. The second-order valence-corrected chi connectivity index (χ2v) is 7.02. The fourth-order valence-electron chi connectivity index (χ4n) is 1.93. The predicted octanol–water partition coefficient (Wildman–Crippen LogP) is 10.2. The third-order valence-electron chi connectivity index (χ3n) is 3.80. The van der Waals surface area contributed by atoms with Crippen LogP contribution >= 0.6 is 0 Å². The SMILES string of the molecule is C=C(C)C.C=C/C(=C\C)c1cccc(F)c1C.C=C/C(F)=C\C=C(/C)OC/C(C)=C/C.CC. The Bertz CT molecular complexity index is 833. The molecule has 0 aromatic heterocycles. The molecule has 0 fully saturated rings. The molecule has 3 heteroatoms. The summed E-state index contributed by atoms with van der Waals surface area (Å²) < 4.78 is 31.1. The zero-order valence-electron chi connectivity index (χ0n) is 22.2. The van der Waals surface area contributed by atoms with Crippen molar-refractivity contribution in [3.8, 4) is 0 Å². The molecule has 0 saturated carbocycles. The smallest absolute Gasteiger partial charge is 0.126 e. The fraction of sp³-hybridized carbons (Fsp3) is 0.333. The molecule has 1 aromatic carbocycles. The number of halogens is 2. The molecule has 0 unspecified atom stereocenters. The van der Waals surface area contributed by atoms with Crippen molar-refractivity contribution in [2.45, 2.75) is 62.3 Å². The highest BCUT2D eigenvalue weighted by Crippen LogP contribution is 2.21. The molecule has 184 valence electrons. The van der Waals surface area contributed by atoms with Crippen LogP contribution in [0.5, 0.6) is 0 Å². The summed E-state index contributed by atoms with van der Waals surface area (Å²) >= 11 is 0. The van der Waals surface area contributed by atoms with E-state index in [0.717, 1.165) is 22.8 Å². The second-order valence-electron chi connectivity index (χ2n) is 7.02. The summed E-state index contributed by atoms with van der Waals surface area (Å²) in [5.41, 5.74) is 4.87. The van der Waals surface area contributed by atoms with Gasteiger partial charge in [0.15, 0.2) is 0 Å². The van der Waals surface area contributed by atoms with Crippen molar-refractivity contribution >= 4 is 5.57 Å². The quantitative estimate of drug-likeness (QED) is 0.224. The van der Waals surface area contributed by atoms with Gasteiger partial charge in [-0.3, -0.25) is 0 Å². The Morgan fingerprint density at radius 1 is 0.970 bits per heavy atom. The van der Waals surface area contributed by atoms with Crippen LogP contribution in [0.3, 0.4) is 0 Å². The molecule has 0 aliphatic heterocycles. The molecule has 1 aromatic rings. The van der Waals surface area contributed by atoms with Crippen molar-refractivity contribution in [2.24, 2.45) is 0 Å². The van der Waals surface area contributed by atoms with E-state index in [4.69, 9.17) is 4.74 Å². The van der Waals surface area contributed by atoms with Crippen LogP contribution in [-0.4, -0.2) is 6.61 Å². The lowest BCUT2D eigenvalue weighted by molar-refractivity contribution is 0.241. The lowest BCUT2D eigenvalue weighted by Gasteiger charge is -2.06. The van der Waals surface area contributed by atoms with Crippen LogP contribution in [0, 0.1) is 12.7 Å². The molecule has 0 amide bonds. The topological polar surface area (TPSA) is 9.23 Å². The van der Waals surface area contributed by atoms with Crippen LogP contribution in [0.25, 0.3) is 5.57 Å². The molecule has 0 N–H and O–H groups in total. The molecule has 0 atom stereocenters. The molecule has 0 spiro atoms. The first kappa shape index (κ1) is 34.7. The second kappa shape index (κ2) is 22.3. The van der Waals surface area contributed by atoms with E-state index in [0.29, 0.717) is 17.9 Å². The Morgan fingerprint density at radius 2 is 1.52 bits per heavy atom. The van der Waals surface area contributed by atoms with E-state index in [-0.39, 0.29) is 11.6 Å². The van der Waals surface area contributed by atoms with Gasteiger partial charge in [0.05, 0.1) is 5.76 Å². The Hall–Kier alpha value is -2.94. The first-order valence-electron chi connectivity index (χ1n) is 11.1. The maximum Gasteiger partial charge on any atom is 0.126 e. The van der Waals surface area contributed by atoms with Gasteiger partial charge in [-0.2, -0.15) is 0 Å². The van der Waals surface area contributed by atoms with Crippen molar-refractivity contribution in [3.05, 3.63) is 114 Å². The summed E-state index contributed by atoms with van der Waals surface area (Å²) in [6.45, 7) is 28.4. The Kier molecular flexibility index (Phi) is 23.4. The average molecular weight is 459 g/mol. The molecule has 0 saturated heterocycles. The lowest BCUT2D eigenvalue weighted by Crippen LogP contribution is -1.92. The zero-order chi connectivity index (χ0) is 26.4. The number of allylic oxidation sites excluding steroid dienone is 10. The predicted molar refractivity (Wildman–Crippen MR) is 145 cm³/mol. The van der Waals surface area contributed by atoms with Gasteiger partial charge in [-0.05, 0) is 95.0 Å². The van der Waals surface area contributed by atoms with Gasteiger partial charge < -0.3 is 4.74 Å². The Morgan fingerprint density at radius 3 is 1.94 bits per heavy atom. The summed E-state index contributed by atoms with van der Waals surface area (Å²) in [5.74, 6) is 0.151. The van der Waals surface area contributed by atoms with E-state index in [2.05, 4.69) is 19.7 Å². The summed E-state index contributed by atoms with van der Waals surface area (Å²) in [4.78, 5) is 0. The minimum atomic E-state index is -0.365. The normalized spacial score (nSPS) is 11.5. The van der Waals surface area contributed by atoms with Crippen LogP contribution in [0.4, 0.5) is 8.78 Å². The van der Waals surface area contributed by atoms with E-state index >= 15 is 0 Å². The Balaban J connectivity index is -0.000000441. The van der Waals surface area contributed by atoms with E-state index in [1.807, 2.05) is 66.7 Å². The average Bonchev–Trinajstić information content (AvgIpc) is 2.80. The minimum Gasteiger partial charge on any atom is -0.494 e. The monoisotopic (exact) mass is 458 g/mol. The Labute approximate surface area is 202 Å². The van der Waals surface area contributed by atoms with E-state index in [1.54, 1.807) is 32.1 Å². The van der Waals surface area contributed by atoms with Crippen LogP contribution < -0.4 is 0 Å². The molecule has 33 heavy (non-hydrogen) atoms. The van der Waals surface area contributed by atoms with Crippen LogP contribution in [0.15, 0.2) is 97.1 Å². The number of rotatable bonds is 7. The molecule has 0 aliphatic rings. The van der Waals surface area contributed by atoms with Gasteiger partial charge in [-0.15, -0.1) is 6.58 Å². The number of hydrogen-bond donors (Lipinski definition) is 0. The molecule has 0 radical (unpaired) electrons.